The molecule has 0 aromatic rings. The minimum absolute atomic E-state index is 0.0738. The zero-order valence-electron chi connectivity index (χ0n) is 12.6. The number of carboxylic acids is 1. The van der Waals surface area contributed by atoms with Gasteiger partial charge in [0.05, 0.1) is 0 Å². The van der Waals surface area contributed by atoms with Crippen molar-refractivity contribution < 1.29 is 14.7 Å². The summed E-state index contributed by atoms with van der Waals surface area (Å²) in [5.41, 5.74) is 0.338. The second-order valence-electron chi connectivity index (χ2n) is 6.48. The van der Waals surface area contributed by atoms with Crippen LogP contribution in [0.1, 0.15) is 52.4 Å². The number of carbonyl (C=O) groups excluding carboxylic acids is 1. The molecular weight excluding hydrogens is 256 g/mol. The van der Waals surface area contributed by atoms with Crippen LogP contribution in [0.3, 0.4) is 0 Å². The molecule has 2 saturated heterocycles. The molecule has 114 valence electrons. The van der Waals surface area contributed by atoms with Crippen molar-refractivity contribution in [3.63, 3.8) is 0 Å². The van der Waals surface area contributed by atoms with Crippen molar-refractivity contribution >= 4 is 12.0 Å². The summed E-state index contributed by atoms with van der Waals surface area (Å²) >= 11 is 0. The quantitative estimate of drug-likeness (QED) is 0.846. The smallest absolute Gasteiger partial charge is 0.326 e. The third kappa shape index (κ3) is 3.07. The maximum Gasteiger partial charge on any atom is 0.326 e. The number of rotatable bonds is 2. The van der Waals surface area contributed by atoms with E-state index in [1.165, 1.54) is 0 Å². The molecule has 1 atom stereocenters. The molecule has 2 fully saturated rings. The zero-order valence-corrected chi connectivity index (χ0v) is 12.6. The van der Waals surface area contributed by atoms with Gasteiger partial charge in [0.2, 0.25) is 0 Å². The summed E-state index contributed by atoms with van der Waals surface area (Å²) in [4.78, 5) is 27.3. The Balaban J connectivity index is 1.98. The van der Waals surface area contributed by atoms with Crippen molar-refractivity contribution in [1.82, 2.24) is 9.80 Å². The normalized spacial score (nSPS) is 26.4. The molecule has 2 aliphatic rings. The fourth-order valence-corrected chi connectivity index (χ4v) is 3.19. The third-order valence-electron chi connectivity index (χ3n) is 5.13. The number of carbonyl (C=O) groups is 2. The summed E-state index contributed by atoms with van der Waals surface area (Å²) in [6, 6.07) is -0.703. The first-order chi connectivity index (χ1) is 9.47. The maximum atomic E-state index is 12.6. The summed E-state index contributed by atoms with van der Waals surface area (Å²) in [5, 5.41) is 9.26. The largest absolute Gasteiger partial charge is 0.480 e. The Labute approximate surface area is 120 Å². The van der Waals surface area contributed by atoms with Crippen molar-refractivity contribution in [1.29, 1.82) is 0 Å². The second kappa shape index (κ2) is 6.02. The van der Waals surface area contributed by atoms with E-state index < -0.39 is 12.0 Å². The van der Waals surface area contributed by atoms with E-state index in [0.717, 1.165) is 45.2 Å². The number of urea groups is 1. The summed E-state index contributed by atoms with van der Waals surface area (Å²) in [6.45, 7) is 6.56. The Bertz CT molecular complexity index is 375. The van der Waals surface area contributed by atoms with Crippen molar-refractivity contribution in [3.05, 3.63) is 0 Å². The number of likely N-dealkylation sites (tertiary alicyclic amines) is 2. The highest BCUT2D eigenvalue weighted by molar-refractivity contribution is 5.83. The average Bonchev–Trinajstić information content (AvgIpc) is 2.47. The number of hydrogen-bond acceptors (Lipinski definition) is 2. The molecule has 2 heterocycles. The molecule has 2 aliphatic heterocycles. The Hall–Kier alpha value is -1.26. The summed E-state index contributed by atoms with van der Waals surface area (Å²) < 4.78 is 0. The van der Waals surface area contributed by atoms with Gasteiger partial charge < -0.3 is 14.9 Å². The molecular formula is C15H26N2O3. The van der Waals surface area contributed by atoms with Crippen molar-refractivity contribution in [3.8, 4) is 0 Å². The van der Waals surface area contributed by atoms with Gasteiger partial charge in [-0.25, -0.2) is 9.59 Å². The molecule has 5 nitrogen and oxygen atoms in total. The van der Waals surface area contributed by atoms with Gasteiger partial charge in [0, 0.05) is 19.6 Å². The second-order valence-corrected chi connectivity index (χ2v) is 6.48. The monoisotopic (exact) mass is 282 g/mol. The summed E-state index contributed by atoms with van der Waals surface area (Å²) in [5.74, 6) is -0.867. The van der Waals surface area contributed by atoms with Gasteiger partial charge in [0.1, 0.15) is 6.04 Å². The van der Waals surface area contributed by atoms with Crippen molar-refractivity contribution in [2.45, 2.75) is 58.4 Å². The highest BCUT2D eigenvalue weighted by atomic mass is 16.4. The van der Waals surface area contributed by atoms with Crippen LogP contribution in [-0.2, 0) is 4.79 Å². The Morgan fingerprint density at radius 1 is 1.20 bits per heavy atom. The molecule has 1 unspecified atom stereocenters. The van der Waals surface area contributed by atoms with Crippen LogP contribution in [0.25, 0.3) is 0 Å². The lowest BCUT2D eigenvalue weighted by atomic mass is 9.78. The van der Waals surface area contributed by atoms with Crippen LogP contribution in [0.4, 0.5) is 4.79 Å². The predicted molar refractivity (Wildman–Crippen MR) is 76.6 cm³/mol. The van der Waals surface area contributed by atoms with Crippen molar-refractivity contribution in [2.75, 3.05) is 19.6 Å². The van der Waals surface area contributed by atoms with E-state index in [9.17, 15) is 14.7 Å². The molecule has 0 bridgehead atoms. The molecule has 0 radical (unpaired) electrons. The minimum atomic E-state index is -0.867. The van der Waals surface area contributed by atoms with Crippen LogP contribution in [-0.4, -0.2) is 52.6 Å². The first kappa shape index (κ1) is 15.1. The Morgan fingerprint density at radius 2 is 1.85 bits per heavy atom. The Morgan fingerprint density at radius 3 is 2.40 bits per heavy atom. The van der Waals surface area contributed by atoms with Crippen LogP contribution >= 0.6 is 0 Å². The van der Waals surface area contributed by atoms with E-state index in [2.05, 4.69) is 13.8 Å². The maximum absolute atomic E-state index is 12.6. The van der Waals surface area contributed by atoms with Crippen LogP contribution in [0.2, 0.25) is 0 Å². The van der Waals surface area contributed by atoms with Gasteiger partial charge in [-0.1, -0.05) is 20.3 Å². The molecule has 0 aromatic heterocycles. The topological polar surface area (TPSA) is 60.9 Å². The van der Waals surface area contributed by atoms with Crippen molar-refractivity contribution in [2.24, 2.45) is 5.41 Å². The van der Waals surface area contributed by atoms with E-state index >= 15 is 0 Å². The molecule has 0 aliphatic carbocycles. The SMILES string of the molecule is CCC1(C)CCN(C(=O)N2CCCCC2C(=O)O)CC1. The first-order valence-corrected chi connectivity index (χ1v) is 7.75. The van der Waals surface area contributed by atoms with Gasteiger partial charge in [-0.15, -0.1) is 0 Å². The molecule has 20 heavy (non-hydrogen) atoms. The molecule has 0 saturated carbocycles. The summed E-state index contributed by atoms with van der Waals surface area (Å²) in [6.07, 6.45) is 5.56. The highest BCUT2D eigenvalue weighted by Crippen LogP contribution is 2.34. The van der Waals surface area contributed by atoms with E-state index in [4.69, 9.17) is 0 Å². The van der Waals surface area contributed by atoms with Crippen LogP contribution in [0, 0.1) is 5.41 Å². The van der Waals surface area contributed by atoms with E-state index in [-0.39, 0.29) is 6.03 Å². The van der Waals surface area contributed by atoms with Gasteiger partial charge in [-0.2, -0.15) is 0 Å². The summed E-state index contributed by atoms with van der Waals surface area (Å²) in [7, 11) is 0. The lowest BCUT2D eigenvalue weighted by Gasteiger charge is -2.42. The zero-order chi connectivity index (χ0) is 14.8. The molecule has 1 N–H and O–H groups in total. The lowest BCUT2D eigenvalue weighted by Crippen LogP contribution is -2.55. The lowest BCUT2D eigenvalue weighted by molar-refractivity contribution is -0.143. The number of carboxylic acid groups (broad SMARTS) is 1. The fraction of sp³-hybridized carbons (Fsp3) is 0.867. The number of amides is 2. The molecule has 2 amide bonds. The van der Waals surface area contributed by atoms with Crippen LogP contribution < -0.4 is 0 Å². The van der Waals surface area contributed by atoms with Crippen LogP contribution in [0.15, 0.2) is 0 Å². The van der Waals surface area contributed by atoms with Gasteiger partial charge in [-0.3, -0.25) is 0 Å². The Kier molecular flexibility index (Phi) is 4.55. The molecule has 5 heteroatoms. The highest BCUT2D eigenvalue weighted by Gasteiger charge is 2.37. The van der Waals surface area contributed by atoms with Gasteiger partial charge in [0.25, 0.3) is 0 Å². The van der Waals surface area contributed by atoms with Gasteiger partial charge >= 0.3 is 12.0 Å². The first-order valence-electron chi connectivity index (χ1n) is 7.75. The third-order valence-corrected chi connectivity index (χ3v) is 5.13. The number of piperidine rings is 2. The molecule has 2 rings (SSSR count). The predicted octanol–water partition coefficient (Wildman–Crippen LogP) is 2.56. The number of nitrogens with zero attached hydrogens (tertiary/aromatic N) is 2. The van der Waals surface area contributed by atoms with E-state index in [1.807, 2.05) is 4.90 Å². The van der Waals surface area contributed by atoms with Gasteiger partial charge in [-0.05, 0) is 37.5 Å². The number of hydrogen-bond donors (Lipinski definition) is 1. The fourth-order valence-electron chi connectivity index (χ4n) is 3.19. The van der Waals surface area contributed by atoms with Gasteiger partial charge in [0.15, 0.2) is 0 Å². The molecule has 0 aromatic carbocycles. The van der Waals surface area contributed by atoms with E-state index in [1.54, 1.807) is 4.90 Å². The average molecular weight is 282 g/mol. The number of aliphatic carboxylic acids is 1. The van der Waals surface area contributed by atoms with Crippen LogP contribution in [0.5, 0.6) is 0 Å². The van der Waals surface area contributed by atoms with E-state index in [0.29, 0.717) is 18.4 Å². The molecule has 0 spiro atoms. The standard InChI is InChI=1S/C15H26N2O3/c1-3-15(2)7-10-16(11-8-15)14(20)17-9-5-4-6-12(17)13(18)19/h12H,3-11H2,1-2H3,(H,18,19). The minimum Gasteiger partial charge on any atom is -0.480 e.